The minimum Gasteiger partial charge on any atom is -0.396 e. The first kappa shape index (κ1) is 14.1. The molecule has 0 spiro atoms. The smallest absolute Gasteiger partial charge is 0.147 e. The fourth-order valence-corrected chi connectivity index (χ4v) is 3.73. The molecular weight excluding hydrogens is 281 g/mol. The van der Waals surface area contributed by atoms with Crippen LogP contribution >= 0.6 is 11.8 Å². The number of hydrogen-bond acceptors (Lipinski definition) is 3. The summed E-state index contributed by atoms with van der Waals surface area (Å²) in [7, 11) is -1.19. The fraction of sp³-hybridized carbons (Fsp3) is 0.143. The number of nitrogens with two attached hydrogens (primary N) is 1. The van der Waals surface area contributed by atoms with Crippen LogP contribution < -0.4 is 5.73 Å². The Balaban J connectivity index is 1.89. The highest BCUT2D eigenvalue weighted by Gasteiger charge is 2.07. The van der Waals surface area contributed by atoms with Crippen LogP contribution in [-0.4, -0.2) is 15.7 Å². The Morgan fingerprint density at radius 1 is 1.16 bits per heavy atom. The topological polar surface area (TPSA) is 43.1 Å². The van der Waals surface area contributed by atoms with Crippen molar-refractivity contribution in [3.63, 3.8) is 0 Å². The minimum absolute atomic E-state index is 0.0828. The Morgan fingerprint density at radius 2 is 1.89 bits per heavy atom. The number of benzene rings is 2. The number of thioether (sulfide) groups is 1. The van der Waals surface area contributed by atoms with Crippen LogP contribution in [0.25, 0.3) is 0 Å². The molecule has 2 aromatic rings. The molecular formula is C14H14FNOS2. The van der Waals surface area contributed by atoms with Gasteiger partial charge in [-0.05, 0) is 30.3 Å². The number of hydrogen-bond donors (Lipinski definition) is 1. The summed E-state index contributed by atoms with van der Waals surface area (Å²) >= 11 is 1.64. The van der Waals surface area contributed by atoms with Gasteiger partial charge in [-0.3, -0.25) is 4.21 Å². The molecule has 2 rings (SSSR count). The van der Waals surface area contributed by atoms with E-state index in [2.05, 4.69) is 0 Å². The van der Waals surface area contributed by atoms with E-state index in [1.54, 1.807) is 17.8 Å². The number of nitrogen functional groups attached to an aromatic ring is 1. The van der Waals surface area contributed by atoms with Gasteiger partial charge in [-0.1, -0.05) is 18.2 Å². The predicted molar refractivity (Wildman–Crippen MR) is 79.3 cm³/mol. The first-order chi connectivity index (χ1) is 9.16. The SMILES string of the molecule is Nc1ccc(S(=O)CCSc2ccccc2)cc1F. The molecule has 5 heteroatoms. The van der Waals surface area contributed by atoms with E-state index in [9.17, 15) is 8.60 Å². The van der Waals surface area contributed by atoms with Crippen molar-refractivity contribution < 1.29 is 8.60 Å². The summed E-state index contributed by atoms with van der Waals surface area (Å²) < 4.78 is 25.3. The Kier molecular flexibility index (Phi) is 4.99. The van der Waals surface area contributed by atoms with Crippen molar-refractivity contribution >= 4 is 28.2 Å². The molecule has 0 aliphatic heterocycles. The molecule has 0 aliphatic rings. The molecule has 0 saturated heterocycles. The van der Waals surface area contributed by atoms with Gasteiger partial charge < -0.3 is 5.73 Å². The summed E-state index contributed by atoms with van der Waals surface area (Å²) in [5.41, 5.74) is 5.47. The second kappa shape index (κ2) is 6.73. The highest BCUT2D eigenvalue weighted by Crippen LogP contribution is 2.19. The maximum Gasteiger partial charge on any atom is 0.147 e. The van der Waals surface area contributed by atoms with Crippen LogP contribution in [0.5, 0.6) is 0 Å². The Labute approximate surface area is 118 Å². The third-order valence-electron chi connectivity index (χ3n) is 2.52. The average Bonchev–Trinajstić information content (AvgIpc) is 2.43. The molecule has 2 aromatic carbocycles. The van der Waals surface area contributed by atoms with Gasteiger partial charge in [0.25, 0.3) is 0 Å². The molecule has 0 fully saturated rings. The molecule has 1 atom stereocenters. The molecule has 0 amide bonds. The molecule has 0 aromatic heterocycles. The highest BCUT2D eigenvalue weighted by molar-refractivity contribution is 8.00. The predicted octanol–water partition coefficient (Wildman–Crippen LogP) is 3.31. The quantitative estimate of drug-likeness (QED) is 0.680. The van der Waals surface area contributed by atoms with Gasteiger partial charge in [-0.2, -0.15) is 0 Å². The highest BCUT2D eigenvalue weighted by atomic mass is 32.2. The monoisotopic (exact) mass is 295 g/mol. The van der Waals surface area contributed by atoms with E-state index >= 15 is 0 Å². The van der Waals surface area contributed by atoms with E-state index in [4.69, 9.17) is 5.73 Å². The van der Waals surface area contributed by atoms with Crippen LogP contribution in [0.2, 0.25) is 0 Å². The van der Waals surface area contributed by atoms with Crippen LogP contribution in [0, 0.1) is 5.82 Å². The second-order valence-corrected chi connectivity index (χ2v) is 6.63. The van der Waals surface area contributed by atoms with E-state index in [0.29, 0.717) is 10.6 Å². The van der Waals surface area contributed by atoms with Crippen molar-refractivity contribution in [2.75, 3.05) is 17.2 Å². The lowest BCUT2D eigenvalue weighted by Crippen LogP contribution is -2.02. The normalized spacial score (nSPS) is 12.3. The van der Waals surface area contributed by atoms with Gasteiger partial charge >= 0.3 is 0 Å². The maximum absolute atomic E-state index is 13.3. The van der Waals surface area contributed by atoms with E-state index in [1.807, 2.05) is 30.3 Å². The Bertz CT molecular complexity index is 575. The van der Waals surface area contributed by atoms with Gasteiger partial charge in [0.05, 0.1) is 16.5 Å². The van der Waals surface area contributed by atoms with Crippen LogP contribution in [-0.2, 0) is 10.8 Å². The lowest BCUT2D eigenvalue weighted by Gasteiger charge is -2.04. The van der Waals surface area contributed by atoms with Crippen LogP contribution in [0.15, 0.2) is 58.3 Å². The third kappa shape index (κ3) is 4.08. The van der Waals surface area contributed by atoms with Crippen molar-refractivity contribution in [2.24, 2.45) is 0 Å². The van der Waals surface area contributed by atoms with E-state index in [-0.39, 0.29) is 5.69 Å². The van der Waals surface area contributed by atoms with Crippen molar-refractivity contribution in [1.82, 2.24) is 0 Å². The Hall–Kier alpha value is -1.33. The van der Waals surface area contributed by atoms with Gasteiger partial charge in [0.1, 0.15) is 5.82 Å². The minimum atomic E-state index is -1.19. The fourth-order valence-electron chi connectivity index (χ4n) is 1.52. The van der Waals surface area contributed by atoms with Crippen molar-refractivity contribution in [1.29, 1.82) is 0 Å². The van der Waals surface area contributed by atoms with Gasteiger partial charge in [-0.15, -0.1) is 11.8 Å². The second-order valence-electron chi connectivity index (χ2n) is 3.89. The summed E-state index contributed by atoms with van der Waals surface area (Å²) in [4.78, 5) is 1.63. The van der Waals surface area contributed by atoms with Crippen LogP contribution in [0.1, 0.15) is 0 Å². The molecule has 0 aliphatic carbocycles. The number of halogens is 1. The zero-order valence-electron chi connectivity index (χ0n) is 10.2. The van der Waals surface area contributed by atoms with E-state index in [0.717, 1.165) is 10.6 Å². The summed E-state index contributed by atoms with van der Waals surface area (Å²) in [6.07, 6.45) is 0. The molecule has 19 heavy (non-hydrogen) atoms. The van der Waals surface area contributed by atoms with Gasteiger partial charge in [0.2, 0.25) is 0 Å². The molecule has 100 valence electrons. The molecule has 1 unspecified atom stereocenters. The molecule has 0 radical (unpaired) electrons. The summed E-state index contributed by atoms with van der Waals surface area (Å²) in [6, 6.07) is 14.2. The van der Waals surface area contributed by atoms with Crippen LogP contribution in [0.3, 0.4) is 0 Å². The van der Waals surface area contributed by atoms with Crippen molar-refractivity contribution in [3.05, 3.63) is 54.3 Å². The number of rotatable bonds is 5. The first-order valence-electron chi connectivity index (χ1n) is 5.78. The van der Waals surface area contributed by atoms with Gasteiger partial charge in [0, 0.05) is 21.3 Å². The molecule has 2 N–H and O–H groups in total. The zero-order chi connectivity index (χ0) is 13.7. The third-order valence-corrected chi connectivity index (χ3v) is 5.14. The van der Waals surface area contributed by atoms with Crippen molar-refractivity contribution in [3.8, 4) is 0 Å². The lowest BCUT2D eigenvalue weighted by molar-refractivity contribution is 0.627. The van der Waals surface area contributed by atoms with Crippen molar-refractivity contribution in [2.45, 2.75) is 9.79 Å². The standard InChI is InChI=1S/C14H14FNOS2/c15-13-10-12(6-7-14(13)16)19(17)9-8-18-11-4-2-1-3-5-11/h1-7,10H,8-9,16H2. The van der Waals surface area contributed by atoms with Gasteiger partial charge in [0.15, 0.2) is 0 Å². The lowest BCUT2D eigenvalue weighted by atomic mass is 10.3. The average molecular weight is 295 g/mol. The maximum atomic E-state index is 13.3. The summed E-state index contributed by atoms with van der Waals surface area (Å²) in [6.45, 7) is 0. The first-order valence-corrected chi connectivity index (χ1v) is 8.08. The molecule has 2 nitrogen and oxygen atoms in total. The summed E-state index contributed by atoms with van der Waals surface area (Å²) in [5.74, 6) is 0.701. The zero-order valence-corrected chi connectivity index (χ0v) is 11.8. The van der Waals surface area contributed by atoms with Gasteiger partial charge in [-0.25, -0.2) is 4.39 Å². The largest absolute Gasteiger partial charge is 0.396 e. The van der Waals surface area contributed by atoms with E-state index < -0.39 is 16.6 Å². The molecule has 0 bridgehead atoms. The van der Waals surface area contributed by atoms with Crippen LogP contribution in [0.4, 0.5) is 10.1 Å². The summed E-state index contributed by atoms with van der Waals surface area (Å²) in [5, 5.41) is 0. The van der Waals surface area contributed by atoms with E-state index in [1.165, 1.54) is 12.1 Å². The number of anilines is 1. The molecule has 0 saturated carbocycles. The molecule has 0 heterocycles. The Morgan fingerprint density at radius 3 is 2.58 bits per heavy atom.